The van der Waals surface area contributed by atoms with Crippen molar-refractivity contribution in [3.05, 3.63) is 93.9 Å². The summed E-state index contributed by atoms with van der Waals surface area (Å²) in [6, 6.07) is 18.2. The number of carbonyl (C=O) groups excluding carboxylic acids is 1. The highest BCUT2D eigenvalue weighted by atomic mass is 16.5. The summed E-state index contributed by atoms with van der Waals surface area (Å²) >= 11 is 0. The fourth-order valence-corrected chi connectivity index (χ4v) is 2.74. The van der Waals surface area contributed by atoms with Crippen molar-refractivity contribution >= 4 is 11.6 Å². The molecule has 5 nitrogen and oxygen atoms in total. The summed E-state index contributed by atoms with van der Waals surface area (Å²) in [5, 5.41) is 2.86. The highest BCUT2D eigenvalue weighted by Crippen LogP contribution is 2.13. The molecular formula is C22H22N2O3. The van der Waals surface area contributed by atoms with Gasteiger partial charge in [-0.1, -0.05) is 31.2 Å². The Labute approximate surface area is 158 Å². The van der Waals surface area contributed by atoms with Crippen LogP contribution in [-0.4, -0.2) is 17.6 Å². The van der Waals surface area contributed by atoms with Crippen LogP contribution in [-0.2, 0) is 13.0 Å². The van der Waals surface area contributed by atoms with E-state index in [0.717, 1.165) is 23.4 Å². The molecule has 27 heavy (non-hydrogen) atoms. The molecule has 0 aliphatic rings. The van der Waals surface area contributed by atoms with Crippen LogP contribution < -0.4 is 15.6 Å². The third-order valence-corrected chi connectivity index (χ3v) is 4.38. The zero-order valence-corrected chi connectivity index (χ0v) is 15.4. The minimum Gasteiger partial charge on any atom is -0.497 e. The first-order valence-corrected chi connectivity index (χ1v) is 8.82. The Morgan fingerprint density at radius 3 is 2.26 bits per heavy atom. The van der Waals surface area contributed by atoms with Gasteiger partial charge < -0.3 is 14.6 Å². The maximum Gasteiger partial charge on any atom is 0.257 e. The van der Waals surface area contributed by atoms with E-state index >= 15 is 0 Å². The van der Waals surface area contributed by atoms with E-state index in [9.17, 15) is 9.59 Å². The van der Waals surface area contributed by atoms with E-state index in [0.29, 0.717) is 12.1 Å². The lowest BCUT2D eigenvalue weighted by Crippen LogP contribution is -2.22. The van der Waals surface area contributed by atoms with Gasteiger partial charge in [0.1, 0.15) is 5.75 Å². The molecule has 0 saturated carbocycles. The van der Waals surface area contributed by atoms with E-state index in [1.165, 1.54) is 16.2 Å². The summed E-state index contributed by atoms with van der Waals surface area (Å²) in [5.74, 6) is 0.510. The first-order valence-electron chi connectivity index (χ1n) is 8.82. The standard InChI is InChI=1S/C22H22N2O3/c1-3-16-4-9-19(10-5-16)23-22(26)18-8-13-21(25)24(15-18)14-17-6-11-20(27-2)12-7-17/h4-13,15H,3,14H2,1-2H3,(H,23,26). The predicted molar refractivity (Wildman–Crippen MR) is 107 cm³/mol. The molecule has 1 aromatic heterocycles. The second-order valence-corrected chi connectivity index (χ2v) is 6.24. The molecule has 0 unspecified atom stereocenters. The van der Waals surface area contributed by atoms with E-state index in [1.807, 2.05) is 48.5 Å². The lowest BCUT2D eigenvalue weighted by molar-refractivity contribution is 0.102. The molecule has 0 aliphatic carbocycles. The third kappa shape index (κ3) is 4.64. The molecule has 1 amide bonds. The summed E-state index contributed by atoms with van der Waals surface area (Å²) < 4.78 is 6.67. The molecule has 0 saturated heterocycles. The Bertz CT molecular complexity index is 974. The quantitative estimate of drug-likeness (QED) is 0.727. The highest BCUT2D eigenvalue weighted by molar-refractivity contribution is 6.04. The van der Waals surface area contributed by atoms with Gasteiger partial charge in [-0.2, -0.15) is 0 Å². The van der Waals surface area contributed by atoms with Gasteiger partial charge in [-0.05, 0) is 47.9 Å². The summed E-state index contributed by atoms with van der Waals surface area (Å²) in [7, 11) is 1.61. The zero-order chi connectivity index (χ0) is 19.2. The Kier molecular flexibility index (Phi) is 5.71. The smallest absolute Gasteiger partial charge is 0.257 e. The average Bonchev–Trinajstić information content (AvgIpc) is 2.70. The molecule has 3 rings (SSSR count). The van der Waals surface area contributed by atoms with Crippen LogP contribution in [0, 0.1) is 0 Å². The number of nitrogens with zero attached hydrogens (tertiary/aromatic N) is 1. The van der Waals surface area contributed by atoms with Crippen LogP contribution in [0.1, 0.15) is 28.4 Å². The second kappa shape index (κ2) is 8.36. The highest BCUT2D eigenvalue weighted by Gasteiger charge is 2.09. The van der Waals surface area contributed by atoms with Crippen molar-refractivity contribution in [1.82, 2.24) is 4.57 Å². The number of methoxy groups -OCH3 is 1. The van der Waals surface area contributed by atoms with Gasteiger partial charge in [-0.15, -0.1) is 0 Å². The van der Waals surface area contributed by atoms with E-state index in [1.54, 1.807) is 19.4 Å². The summed E-state index contributed by atoms with van der Waals surface area (Å²) in [5.41, 5.74) is 3.16. The number of aromatic nitrogens is 1. The molecule has 2 aromatic carbocycles. The Hall–Kier alpha value is -3.34. The SMILES string of the molecule is CCc1ccc(NC(=O)c2ccc(=O)n(Cc3ccc(OC)cc3)c2)cc1. The first-order chi connectivity index (χ1) is 13.1. The van der Waals surface area contributed by atoms with Crippen LogP contribution in [0.3, 0.4) is 0 Å². The molecule has 5 heteroatoms. The lowest BCUT2D eigenvalue weighted by Gasteiger charge is -2.10. The van der Waals surface area contributed by atoms with Gasteiger partial charge in [0.25, 0.3) is 11.5 Å². The van der Waals surface area contributed by atoms with Crippen molar-refractivity contribution in [2.75, 3.05) is 12.4 Å². The van der Waals surface area contributed by atoms with Gasteiger partial charge in [0.05, 0.1) is 19.2 Å². The van der Waals surface area contributed by atoms with Crippen LogP contribution >= 0.6 is 0 Å². The normalized spacial score (nSPS) is 10.4. The van der Waals surface area contributed by atoms with Gasteiger partial charge in [-0.3, -0.25) is 9.59 Å². The number of rotatable bonds is 6. The fraction of sp³-hybridized carbons (Fsp3) is 0.182. The number of pyridine rings is 1. The van der Waals surface area contributed by atoms with Crippen molar-refractivity contribution < 1.29 is 9.53 Å². The Morgan fingerprint density at radius 2 is 1.63 bits per heavy atom. The maximum absolute atomic E-state index is 12.5. The molecule has 0 bridgehead atoms. The van der Waals surface area contributed by atoms with Gasteiger partial charge >= 0.3 is 0 Å². The summed E-state index contributed by atoms with van der Waals surface area (Å²) in [6.07, 6.45) is 2.53. The maximum atomic E-state index is 12.5. The molecule has 0 aliphatic heterocycles. The number of ether oxygens (including phenoxy) is 1. The zero-order valence-electron chi connectivity index (χ0n) is 15.4. The molecule has 1 heterocycles. The van der Waals surface area contributed by atoms with E-state index in [4.69, 9.17) is 4.74 Å². The van der Waals surface area contributed by atoms with Gasteiger partial charge in [0.2, 0.25) is 0 Å². The van der Waals surface area contributed by atoms with Crippen molar-refractivity contribution in [3.63, 3.8) is 0 Å². The van der Waals surface area contributed by atoms with Gasteiger partial charge in [0, 0.05) is 18.0 Å². The van der Waals surface area contributed by atoms with Gasteiger partial charge in [-0.25, -0.2) is 0 Å². The molecule has 0 radical (unpaired) electrons. The third-order valence-electron chi connectivity index (χ3n) is 4.38. The number of aryl methyl sites for hydroxylation is 1. The fourth-order valence-electron chi connectivity index (χ4n) is 2.74. The Morgan fingerprint density at radius 1 is 0.963 bits per heavy atom. The number of hydrogen-bond donors (Lipinski definition) is 1. The number of amides is 1. The van der Waals surface area contributed by atoms with Crippen molar-refractivity contribution in [3.8, 4) is 5.75 Å². The first kappa shape index (κ1) is 18.5. The largest absolute Gasteiger partial charge is 0.497 e. The van der Waals surface area contributed by atoms with Crippen LogP contribution in [0.5, 0.6) is 5.75 Å². The Balaban J connectivity index is 1.76. The van der Waals surface area contributed by atoms with Crippen LogP contribution in [0.4, 0.5) is 5.69 Å². The number of benzene rings is 2. The van der Waals surface area contributed by atoms with Gasteiger partial charge in [0.15, 0.2) is 0 Å². The molecule has 3 aromatic rings. The second-order valence-electron chi connectivity index (χ2n) is 6.24. The predicted octanol–water partition coefficient (Wildman–Crippen LogP) is 3.72. The topological polar surface area (TPSA) is 60.3 Å². The number of anilines is 1. The van der Waals surface area contributed by atoms with Crippen molar-refractivity contribution in [2.45, 2.75) is 19.9 Å². The molecular weight excluding hydrogens is 340 g/mol. The lowest BCUT2D eigenvalue weighted by atomic mass is 10.1. The van der Waals surface area contributed by atoms with E-state index < -0.39 is 0 Å². The summed E-state index contributed by atoms with van der Waals surface area (Å²) in [4.78, 5) is 24.7. The number of nitrogens with one attached hydrogen (secondary N) is 1. The van der Waals surface area contributed by atoms with E-state index in [-0.39, 0.29) is 11.5 Å². The van der Waals surface area contributed by atoms with E-state index in [2.05, 4.69) is 12.2 Å². The minimum absolute atomic E-state index is 0.158. The monoisotopic (exact) mass is 362 g/mol. The van der Waals surface area contributed by atoms with Crippen molar-refractivity contribution in [2.24, 2.45) is 0 Å². The van der Waals surface area contributed by atoms with Crippen LogP contribution in [0.25, 0.3) is 0 Å². The molecule has 0 spiro atoms. The summed E-state index contributed by atoms with van der Waals surface area (Å²) in [6.45, 7) is 2.47. The average molecular weight is 362 g/mol. The molecule has 0 atom stereocenters. The minimum atomic E-state index is -0.247. The van der Waals surface area contributed by atoms with Crippen molar-refractivity contribution in [1.29, 1.82) is 0 Å². The van der Waals surface area contributed by atoms with Crippen LogP contribution in [0.15, 0.2) is 71.7 Å². The molecule has 138 valence electrons. The molecule has 0 fully saturated rings. The molecule has 1 N–H and O–H groups in total. The van der Waals surface area contributed by atoms with Crippen LogP contribution in [0.2, 0.25) is 0 Å². The number of carbonyl (C=O) groups is 1. The number of hydrogen-bond acceptors (Lipinski definition) is 3.